The van der Waals surface area contributed by atoms with E-state index in [1.165, 1.54) is 11.8 Å². The first-order valence-electron chi connectivity index (χ1n) is 8.22. The topological polar surface area (TPSA) is 104 Å². The second kappa shape index (κ2) is 7.25. The third kappa shape index (κ3) is 4.02. The molecule has 0 saturated carbocycles. The van der Waals surface area contributed by atoms with Gasteiger partial charge in [0.25, 0.3) is 0 Å². The fourth-order valence-electron chi connectivity index (χ4n) is 2.99. The van der Waals surface area contributed by atoms with Crippen molar-refractivity contribution in [1.29, 1.82) is 0 Å². The summed E-state index contributed by atoms with van der Waals surface area (Å²) in [5, 5.41) is 13.6. The summed E-state index contributed by atoms with van der Waals surface area (Å²) in [5.74, 6) is 2.31. The van der Waals surface area contributed by atoms with E-state index in [9.17, 15) is 8.42 Å². The normalized spacial score (nSPS) is 18.8. The van der Waals surface area contributed by atoms with Crippen LogP contribution >= 0.6 is 23.4 Å². The van der Waals surface area contributed by atoms with E-state index in [4.69, 9.17) is 16.1 Å². The summed E-state index contributed by atoms with van der Waals surface area (Å²) in [6.45, 7) is 0. The second-order valence-corrected chi connectivity index (χ2v) is 9.92. The largest absolute Gasteiger partial charge is 0.338 e. The van der Waals surface area contributed by atoms with Crippen LogP contribution in [0, 0.1) is 0 Å². The maximum Gasteiger partial charge on any atom is 0.237 e. The molecule has 0 spiro atoms. The van der Waals surface area contributed by atoms with Crippen LogP contribution in [0.4, 0.5) is 0 Å². The van der Waals surface area contributed by atoms with Crippen LogP contribution in [-0.4, -0.2) is 44.8 Å². The van der Waals surface area contributed by atoms with Crippen LogP contribution in [0.3, 0.4) is 0 Å². The molecular formula is C16H16ClN5O3S2. The Morgan fingerprint density at radius 3 is 2.96 bits per heavy atom. The lowest BCUT2D eigenvalue weighted by Gasteiger charge is -2.07. The van der Waals surface area contributed by atoms with E-state index in [0.717, 1.165) is 5.56 Å². The van der Waals surface area contributed by atoms with Crippen LogP contribution in [0.5, 0.6) is 0 Å². The van der Waals surface area contributed by atoms with Crippen LogP contribution in [-0.2, 0) is 22.6 Å². The van der Waals surface area contributed by atoms with Gasteiger partial charge in [-0.2, -0.15) is 4.98 Å². The number of benzene rings is 1. The third-order valence-electron chi connectivity index (χ3n) is 4.34. The van der Waals surface area contributed by atoms with Crippen molar-refractivity contribution in [2.24, 2.45) is 7.05 Å². The second-order valence-electron chi connectivity index (χ2n) is 6.31. The van der Waals surface area contributed by atoms with Gasteiger partial charge in [0, 0.05) is 23.6 Å². The molecule has 0 radical (unpaired) electrons. The Balaban J connectivity index is 1.44. The van der Waals surface area contributed by atoms with Crippen molar-refractivity contribution in [2.75, 3.05) is 11.5 Å². The molecule has 0 amide bonds. The minimum Gasteiger partial charge on any atom is -0.338 e. The van der Waals surface area contributed by atoms with Gasteiger partial charge >= 0.3 is 0 Å². The zero-order valence-corrected chi connectivity index (χ0v) is 16.8. The Bertz CT molecular complexity index is 1080. The average molecular weight is 426 g/mol. The molecule has 1 aliphatic heterocycles. The SMILES string of the molecule is Cn1c(SCc2nc(-c3cccc(Cl)c3)no2)nnc1C1CCS(=O)(=O)C1. The zero-order chi connectivity index (χ0) is 19.0. The summed E-state index contributed by atoms with van der Waals surface area (Å²) in [5.41, 5.74) is 0.783. The van der Waals surface area contributed by atoms with E-state index in [-0.39, 0.29) is 17.4 Å². The Morgan fingerprint density at radius 2 is 2.22 bits per heavy atom. The molecular weight excluding hydrogens is 410 g/mol. The summed E-state index contributed by atoms with van der Waals surface area (Å²) in [6, 6.07) is 7.24. The Kier molecular flexibility index (Phi) is 4.95. The van der Waals surface area contributed by atoms with E-state index in [2.05, 4.69) is 20.3 Å². The first-order valence-corrected chi connectivity index (χ1v) is 11.4. The molecule has 3 heterocycles. The quantitative estimate of drug-likeness (QED) is 0.574. The molecule has 1 aromatic carbocycles. The highest BCUT2D eigenvalue weighted by molar-refractivity contribution is 7.98. The number of halogens is 1. The Hall–Kier alpha value is -1.91. The first kappa shape index (κ1) is 18.5. The van der Waals surface area contributed by atoms with Crippen molar-refractivity contribution in [3.63, 3.8) is 0 Å². The molecule has 0 bridgehead atoms. The molecule has 8 nitrogen and oxygen atoms in total. The standard InChI is InChI=1S/C16H16ClN5O3S2/c1-22-15(11-5-6-27(23,24)9-11)19-20-16(22)26-8-13-18-14(21-25-13)10-3-2-4-12(17)7-10/h2-4,7,11H,5-6,8-9H2,1H3. The van der Waals surface area contributed by atoms with Crippen molar-refractivity contribution < 1.29 is 12.9 Å². The molecule has 1 atom stereocenters. The van der Waals surface area contributed by atoms with Crippen molar-refractivity contribution in [1.82, 2.24) is 24.9 Å². The number of hydrogen-bond acceptors (Lipinski definition) is 8. The summed E-state index contributed by atoms with van der Waals surface area (Å²) < 4.78 is 30.5. The fraction of sp³-hybridized carbons (Fsp3) is 0.375. The molecule has 11 heteroatoms. The van der Waals surface area contributed by atoms with Gasteiger partial charge in [0.1, 0.15) is 5.82 Å². The smallest absolute Gasteiger partial charge is 0.237 e. The molecule has 4 rings (SSSR count). The molecule has 2 aromatic heterocycles. The van der Waals surface area contributed by atoms with Crippen molar-refractivity contribution in [3.8, 4) is 11.4 Å². The Labute approximate surface area is 165 Å². The molecule has 142 valence electrons. The molecule has 0 aliphatic carbocycles. The monoisotopic (exact) mass is 425 g/mol. The van der Waals surface area contributed by atoms with E-state index < -0.39 is 9.84 Å². The van der Waals surface area contributed by atoms with Crippen LogP contribution < -0.4 is 0 Å². The number of thioether (sulfide) groups is 1. The molecule has 27 heavy (non-hydrogen) atoms. The van der Waals surface area contributed by atoms with Gasteiger partial charge in [-0.25, -0.2) is 8.42 Å². The van der Waals surface area contributed by atoms with Gasteiger partial charge in [0.2, 0.25) is 11.7 Å². The third-order valence-corrected chi connectivity index (χ3v) is 7.35. The minimum absolute atomic E-state index is 0.0975. The van der Waals surface area contributed by atoms with E-state index in [1.54, 1.807) is 12.1 Å². The number of sulfone groups is 1. The minimum atomic E-state index is -2.96. The van der Waals surface area contributed by atoms with E-state index in [1.807, 2.05) is 23.7 Å². The predicted molar refractivity (Wildman–Crippen MR) is 101 cm³/mol. The molecule has 1 fully saturated rings. The van der Waals surface area contributed by atoms with Gasteiger partial charge in [-0.1, -0.05) is 40.7 Å². The molecule has 1 saturated heterocycles. The average Bonchev–Trinajstić information content (AvgIpc) is 3.32. The van der Waals surface area contributed by atoms with Gasteiger partial charge in [-0.15, -0.1) is 10.2 Å². The van der Waals surface area contributed by atoms with Crippen molar-refractivity contribution in [2.45, 2.75) is 23.2 Å². The lowest BCUT2D eigenvalue weighted by Crippen LogP contribution is -2.09. The van der Waals surface area contributed by atoms with E-state index >= 15 is 0 Å². The fourth-order valence-corrected chi connectivity index (χ4v) is 5.68. The van der Waals surface area contributed by atoms with Gasteiger partial charge in [-0.05, 0) is 18.6 Å². The molecule has 1 unspecified atom stereocenters. The lowest BCUT2D eigenvalue weighted by molar-refractivity contribution is 0.391. The van der Waals surface area contributed by atoms with Crippen molar-refractivity contribution >= 4 is 33.2 Å². The molecule has 1 aliphatic rings. The maximum atomic E-state index is 11.7. The van der Waals surface area contributed by atoms with Crippen LogP contribution in [0.2, 0.25) is 5.02 Å². The van der Waals surface area contributed by atoms with Gasteiger partial charge in [0.05, 0.1) is 17.3 Å². The highest BCUT2D eigenvalue weighted by atomic mass is 35.5. The Morgan fingerprint density at radius 1 is 1.37 bits per heavy atom. The predicted octanol–water partition coefficient (Wildman–Crippen LogP) is 2.71. The summed E-state index contributed by atoms with van der Waals surface area (Å²) in [4.78, 5) is 4.38. The molecule has 0 N–H and O–H groups in total. The number of nitrogens with zero attached hydrogens (tertiary/aromatic N) is 5. The van der Waals surface area contributed by atoms with Crippen LogP contribution in [0.15, 0.2) is 33.9 Å². The van der Waals surface area contributed by atoms with Gasteiger partial charge in [-0.3, -0.25) is 0 Å². The summed E-state index contributed by atoms with van der Waals surface area (Å²) >= 11 is 7.40. The zero-order valence-electron chi connectivity index (χ0n) is 14.4. The first-order chi connectivity index (χ1) is 12.9. The number of rotatable bonds is 5. The number of aromatic nitrogens is 5. The summed E-state index contributed by atoms with van der Waals surface area (Å²) in [7, 11) is -1.12. The van der Waals surface area contributed by atoms with Gasteiger partial charge in [0.15, 0.2) is 15.0 Å². The summed E-state index contributed by atoms with van der Waals surface area (Å²) in [6.07, 6.45) is 0.589. The van der Waals surface area contributed by atoms with Gasteiger partial charge < -0.3 is 9.09 Å². The lowest BCUT2D eigenvalue weighted by atomic mass is 10.1. The molecule has 3 aromatic rings. The van der Waals surface area contributed by atoms with E-state index in [0.29, 0.717) is 39.9 Å². The van der Waals surface area contributed by atoms with Crippen LogP contribution in [0.25, 0.3) is 11.4 Å². The highest BCUT2D eigenvalue weighted by Gasteiger charge is 2.32. The maximum absolute atomic E-state index is 11.7. The van der Waals surface area contributed by atoms with Crippen molar-refractivity contribution in [3.05, 3.63) is 41.0 Å². The highest BCUT2D eigenvalue weighted by Crippen LogP contribution is 2.30. The van der Waals surface area contributed by atoms with Crippen LogP contribution in [0.1, 0.15) is 24.1 Å². The number of hydrogen-bond donors (Lipinski definition) is 0.